The van der Waals surface area contributed by atoms with Crippen LogP contribution in [0, 0.1) is 0 Å². The van der Waals surface area contributed by atoms with Crippen LogP contribution in [0.15, 0.2) is 67.3 Å². The van der Waals surface area contributed by atoms with Crippen molar-refractivity contribution in [1.82, 2.24) is 14.9 Å². The number of carbonyl (C=O) groups excluding carboxylic acids is 1. The zero-order valence-corrected chi connectivity index (χ0v) is 16.8. The van der Waals surface area contributed by atoms with Crippen molar-refractivity contribution in [2.45, 2.75) is 45.8 Å². The Balaban J connectivity index is 1.60. The highest BCUT2D eigenvalue weighted by Gasteiger charge is 2.17. The number of aromatic nitrogens is 2. The number of amides is 1. The second-order valence-electron chi connectivity index (χ2n) is 7.85. The number of ether oxygens (including phenoxy) is 1. The van der Waals surface area contributed by atoms with Crippen molar-refractivity contribution in [2.24, 2.45) is 0 Å². The van der Waals surface area contributed by atoms with Crippen LogP contribution in [0.3, 0.4) is 0 Å². The van der Waals surface area contributed by atoms with E-state index >= 15 is 0 Å². The van der Waals surface area contributed by atoms with Gasteiger partial charge in [0.2, 0.25) is 0 Å². The molecule has 2 aromatic carbocycles. The van der Waals surface area contributed by atoms with E-state index in [1.54, 1.807) is 19.4 Å². The Morgan fingerprint density at radius 1 is 1.14 bits per heavy atom. The Hall–Kier alpha value is -3.08. The molecule has 1 N–H and O–H groups in total. The molecular weight excluding hydrogens is 350 g/mol. The van der Waals surface area contributed by atoms with Crippen molar-refractivity contribution in [1.29, 1.82) is 0 Å². The number of benzene rings is 2. The van der Waals surface area contributed by atoms with Gasteiger partial charge in [0.25, 0.3) is 5.91 Å². The average Bonchev–Trinajstić information content (AvgIpc) is 3.20. The predicted octanol–water partition coefficient (Wildman–Crippen LogP) is 4.25. The van der Waals surface area contributed by atoms with Gasteiger partial charge in [-0.1, -0.05) is 51.1 Å². The summed E-state index contributed by atoms with van der Waals surface area (Å²) in [5.41, 5.74) is 3.32. The van der Waals surface area contributed by atoms with Gasteiger partial charge in [0.15, 0.2) is 6.10 Å². The molecule has 3 aromatic rings. The van der Waals surface area contributed by atoms with Crippen molar-refractivity contribution in [2.75, 3.05) is 0 Å². The van der Waals surface area contributed by atoms with Crippen molar-refractivity contribution in [3.05, 3.63) is 78.4 Å². The summed E-state index contributed by atoms with van der Waals surface area (Å²) in [7, 11) is 0. The average molecular weight is 377 g/mol. The first-order chi connectivity index (χ1) is 13.3. The number of imidazole rings is 1. The molecule has 0 radical (unpaired) electrons. The molecule has 146 valence electrons. The van der Waals surface area contributed by atoms with Gasteiger partial charge in [-0.05, 0) is 41.7 Å². The Kier molecular flexibility index (Phi) is 5.83. The standard InChI is InChI=1S/C23H27N3O2/c1-17(28-20-11-9-19(10-12-20)23(2,3)4)22(27)25-15-18-7-5-6-8-21(18)26-14-13-24-16-26/h5-14,16-17H,15H2,1-4H3,(H,25,27)/t17-/m1/s1. The van der Waals surface area contributed by atoms with Crippen LogP contribution in [-0.4, -0.2) is 21.6 Å². The van der Waals surface area contributed by atoms with Crippen LogP contribution in [-0.2, 0) is 16.8 Å². The molecule has 0 bridgehead atoms. The lowest BCUT2D eigenvalue weighted by molar-refractivity contribution is -0.127. The fourth-order valence-electron chi connectivity index (χ4n) is 2.93. The Morgan fingerprint density at radius 2 is 1.86 bits per heavy atom. The molecule has 0 aliphatic carbocycles. The van der Waals surface area contributed by atoms with Crippen LogP contribution >= 0.6 is 0 Å². The lowest BCUT2D eigenvalue weighted by Gasteiger charge is -2.20. The van der Waals surface area contributed by atoms with Crippen LogP contribution in [0.5, 0.6) is 5.75 Å². The second kappa shape index (κ2) is 8.30. The Bertz CT molecular complexity index is 910. The minimum atomic E-state index is -0.583. The van der Waals surface area contributed by atoms with Gasteiger partial charge >= 0.3 is 0 Å². The van der Waals surface area contributed by atoms with Crippen molar-refractivity contribution in [3.63, 3.8) is 0 Å². The van der Waals surface area contributed by atoms with E-state index < -0.39 is 6.10 Å². The van der Waals surface area contributed by atoms with E-state index in [9.17, 15) is 4.79 Å². The summed E-state index contributed by atoms with van der Waals surface area (Å²) in [6.07, 6.45) is 4.78. The first-order valence-corrected chi connectivity index (χ1v) is 9.46. The van der Waals surface area contributed by atoms with Gasteiger partial charge in [-0.3, -0.25) is 4.79 Å². The number of para-hydroxylation sites is 1. The molecule has 0 aliphatic rings. The van der Waals surface area contributed by atoms with E-state index in [2.05, 4.69) is 31.1 Å². The molecule has 0 fully saturated rings. The van der Waals surface area contributed by atoms with Crippen LogP contribution < -0.4 is 10.1 Å². The van der Waals surface area contributed by atoms with Gasteiger partial charge in [-0.2, -0.15) is 0 Å². The third-order valence-corrected chi connectivity index (χ3v) is 4.63. The Morgan fingerprint density at radius 3 is 2.50 bits per heavy atom. The predicted molar refractivity (Wildman–Crippen MR) is 111 cm³/mol. The first-order valence-electron chi connectivity index (χ1n) is 9.46. The van der Waals surface area contributed by atoms with Gasteiger partial charge in [0, 0.05) is 18.9 Å². The number of nitrogens with one attached hydrogen (secondary N) is 1. The molecule has 0 saturated heterocycles. The van der Waals surface area contributed by atoms with E-state index in [-0.39, 0.29) is 11.3 Å². The van der Waals surface area contributed by atoms with Crippen LogP contribution in [0.2, 0.25) is 0 Å². The quantitative estimate of drug-likeness (QED) is 0.698. The topological polar surface area (TPSA) is 56.1 Å². The van der Waals surface area contributed by atoms with Crippen molar-refractivity contribution in [3.8, 4) is 11.4 Å². The highest BCUT2D eigenvalue weighted by atomic mass is 16.5. The van der Waals surface area contributed by atoms with Gasteiger partial charge in [-0.15, -0.1) is 0 Å². The maximum atomic E-state index is 12.5. The third kappa shape index (κ3) is 4.80. The molecule has 1 atom stereocenters. The number of rotatable bonds is 6. The molecule has 5 nitrogen and oxygen atoms in total. The molecule has 1 aromatic heterocycles. The van der Waals surface area contributed by atoms with E-state index in [0.29, 0.717) is 12.3 Å². The summed E-state index contributed by atoms with van der Waals surface area (Å²) in [5, 5.41) is 2.96. The number of hydrogen-bond acceptors (Lipinski definition) is 3. The molecule has 1 amide bonds. The highest BCUT2D eigenvalue weighted by molar-refractivity contribution is 5.80. The van der Waals surface area contributed by atoms with Gasteiger partial charge < -0.3 is 14.6 Å². The van der Waals surface area contributed by atoms with Gasteiger partial charge in [0.1, 0.15) is 5.75 Å². The molecule has 0 saturated carbocycles. The zero-order valence-electron chi connectivity index (χ0n) is 16.8. The monoisotopic (exact) mass is 377 g/mol. The maximum Gasteiger partial charge on any atom is 0.261 e. The number of nitrogens with zero attached hydrogens (tertiary/aromatic N) is 2. The van der Waals surface area contributed by atoms with E-state index in [1.165, 1.54) is 5.56 Å². The van der Waals surface area contributed by atoms with E-state index in [4.69, 9.17) is 4.74 Å². The molecule has 0 aliphatic heterocycles. The third-order valence-electron chi connectivity index (χ3n) is 4.63. The van der Waals surface area contributed by atoms with Gasteiger partial charge in [0.05, 0.1) is 12.0 Å². The molecular formula is C23H27N3O2. The molecule has 1 heterocycles. The number of hydrogen-bond donors (Lipinski definition) is 1. The Labute approximate surface area is 166 Å². The normalized spacial score (nSPS) is 12.4. The zero-order chi connectivity index (χ0) is 20.1. The molecule has 5 heteroatoms. The SMILES string of the molecule is C[C@@H](Oc1ccc(C(C)(C)C)cc1)C(=O)NCc1ccccc1-n1ccnc1. The lowest BCUT2D eigenvalue weighted by atomic mass is 9.87. The minimum absolute atomic E-state index is 0.0875. The summed E-state index contributed by atoms with van der Waals surface area (Å²) in [5.74, 6) is 0.537. The molecule has 28 heavy (non-hydrogen) atoms. The summed E-state index contributed by atoms with van der Waals surface area (Å²) >= 11 is 0. The van der Waals surface area contributed by atoms with E-state index in [1.807, 2.05) is 59.3 Å². The molecule has 3 rings (SSSR count). The summed E-state index contributed by atoms with van der Waals surface area (Å²) in [6.45, 7) is 8.68. The van der Waals surface area contributed by atoms with Crippen LogP contribution in [0.25, 0.3) is 5.69 Å². The smallest absolute Gasteiger partial charge is 0.261 e. The summed E-state index contributed by atoms with van der Waals surface area (Å²) in [6, 6.07) is 15.8. The van der Waals surface area contributed by atoms with Crippen molar-refractivity contribution < 1.29 is 9.53 Å². The molecule has 0 unspecified atom stereocenters. The number of carbonyl (C=O) groups is 1. The second-order valence-corrected chi connectivity index (χ2v) is 7.85. The van der Waals surface area contributed by atoms with E-state index in [0.717, 1.165) is 11.3 Å². The summed E-state index contributed by atoms with van der Waals surface area (Å²) in [4.78, 5) is 16.6. The minimum Gasteiger partial charge on any atom is -0.481 e. The fraction of sp³-hybridized carbons (Fsp3) is 0.304. The highest BCUT2D eigenvalue weighted by Crippen LogP contribution is 2.24. The maximum absolute atomic E-state index is 12.5. The van der Waals surface area contributed by atoms with Crippen molar-refractivity contribution >= 4 is 5.91 Å². The fourth-order valence-corrected chi connectivity index (χ4v) is 2.93. The summed E-state index contributed by atoms with van der Waals surface area (Å²) < 4.78 is 7.74. The first kappa shape index (κ1) is 19.7. The van der Waals surface area contributed by atoms with Crippen LogP contribution in [0.4, 0.5) is 0 Å². The van der Waals surface area contributed by atoms with Gasteiger partial charge in [-0.25, -0.2) is 4.98 Å². The van der Waals surface area contributed by atoms with Crippen LogP contribution in [0.1, 0.15) is 38.8 Å². The lowest BCUT2D eigenvalue weighted by Crippen LogP contribution is -2.36. The largest absolute Gasteiger partial charge is 0.481 e. The molecule has 0 spiro atoms.